The van der Waals surface area contributed by atoms with E-state index in [1.165, 1.54) is 6.42 Å². The normalized spacial score (nSPS) is 16.1. The third-order valence-corrected chi connectivity index (χ3v) is 10.7. The number of hydrogen-bond acceptors (Lipinski definition) is 5. The van der Waals surface area contributed by atoms with Gasteiger partial charge in [0.2, 0.25) is 0 Å². The van der Waals surface area contributed by atoms with Crippen LogP contribution in [-0.2, 0) is 16.6 Å². The molecule has 0 radical (unpaired) electrons. The highest BCUT2D eigenvalue weighted by molar-refractivity contribution is 7.90. The van der Waals surface area contributed by atoms with E-state index in [9.17, 15) is 21.6 Å². The van der Waals surface area contributed by atoms with Gasteiger partial charge in [-0.25, -0.2) is 13.1 Å². The van der Waals surface area contributed by atoms with Crippen molar-refractivity contribution in [3.8, 4) is 0 Å². The Morgan fingerprint density at radius 1 is 0.776 bits per heavy atom. The topological polar surface area (TPSA) is 65.0 Å². The molecule has 1 N–H and O–H groups in total. The predicted octanol–water partition coefficient (Wildman–Crippen LogP) is 8.97. The van der Waals surface area contributed by atoms with Crippen molar-refractivity contribution in [1.29, 1.82) is 0 Å². The van der Waals surface area contributed by atoms with Crippen molar-refractivity contribution in [2.45, 2.75) is 77.9 Å². The van der Waals surface area contributed by atoms with Gasteiger partial charge in [0.15, 0.2) is 0 Å². The molecule has 0 heterocycles. The van der Waals surface area contributed by atoms with E-state index < -0.39 is 22.1 Å². The lowest BCUT2D eigenvalue weighted by molar-refractivity contribution is -0.0448. The van der Waals surface area contributed by atoms with Crippen molar-refractivity contribution < 1.29 is 21.6 Å². The van der Waals surface area contributed by atoms with E-state index in [4.69, 9.17) is 4.99 Å². The first-order valence-corrected chi connectivity index (χ1v) is 18.9. The largest absolute Gasteiger partial charge is 0.511 e. The maximum absolute atomic E-state index is 13.4. The average molecular weight is 693 g/mol. The summed E-state index contributed by atoms with van der Waals surface area (Å²) in [4.78, 5) is 9.68. The van der Waals surface area contributed by atoms with Crippen LogP contribution in [0.1, 0.15) is 87.6 Å². The van der Waals surface area contributed by atoms with E-state index in [2.05, 4.69) is 86.0 Å². The Morgan fingerprint density at radius 3 is 1.80 bits per heavy atom. The van der Waals surface area contributed by atoms with Gasteiger partial charge in [-0.05, 0) is 104 Å². The van der Waals surface area contributed by atoms with E-state index in [0.29, 0.717) is 11.1 Å². The molecule has 6 nitrogen and oxygen atoms in total. The molecule has 49 heavy (non-hydrogen) atoms. The molecule has 0 aromatic heterocycles. The van der Waals surface area contributed by atoms with Crippen LogP contribution < -0.4 is 14.5 Å². The van der Waals surface area contributed by atoms with E-state index in [1.807, 2.05) is 22.9 Å². The fourth-order valence-corrected chi connectivity index (χ4v) is 7.44. The summed E-state index contributed by atoms with van der Waals surface area (Å²) in [5, 5.41) is 0. The zero-order valence-electron chi connectivity index (χ0n) is 28.9. The second-order valence-electron chi connectivity index (χ2n) is 12.5. The van der Waals surface area contributed by atoms with Crippen LogP contribution in [0.2, 0.25) is 0 Å². The number of aliphatic imine (C=N–C) groups is 1. The van der Waals surface area contributed by atoms with Crippen molar-refractivity contribution >= 4 is 38.3 Å². The minimum Gasteiger partial charge on any atom is -0.372 e. The van der Waals surface area contributed by atoms with Crippen LogP contribution in [0.25, 0.3) is 11.1 Å². The van der Waals surface area contributed by atoms with Gasteiger partial charge in [-0.15, -0.1) is 0 Å². The zero-order chi connectivity index (χ0) is 35.2. The van der Waals surface area contributed by atoms with Crippen molar-refractivity contribution in [2.75, 3.05) is 36.0 Å². The molecular weight excluding hydrogens is 646 g/mol. The molecule has 1 fully saturated rings. The number of benzene rings is 3. The van der Waals surface area contributed by atoms with Crippen LogP contribution >= 0.6 is 0 Å². The number of fused-ring (bicyclic) bond motifs is 1. The number of nitrogens with one attached hydrogen (secondary N) is 1. The molecule has 2 aliphatic carbocycles. The molecule has 5 rings (SSSR count). The summed E-state index contributed by atoms with van der Waals surface area (Å²) >= 11 is 0. The summed E-state index contributed by atoms with van der Waals surface area (Å²) in [5.74, 6) is 0. The number of alkyl halides is 3. The highest BCUT2D eigenvalue weighted by atomic mass is 32.2. The number of nitrogens with zero attached hydrogens (tertiary/aromatic N) is 3. The summed E-state index contributed by atoms with van der Waals surface area (Å²) in [6.07, 6.45) is 9.39. The molecule has 0 atom stereocenters. The molecule has 0 aliphatic heterocycles. The molecule has 10 heteroatoms. The number of hydrogen-bond donors (Lipinski definition) is 1. The highest BCUT2D eigenvalue weighted by Gasteiger charge is 2.45. The number of anilines is 2. The van der Waals surface area contributed by atoms with Crippen molar-refractivity contribution in [3.63, 3.8) is 0 Å². The smallest absolute Gasteiger partial charge is 0.372 e. The first-order valence-electron chi connectivity index (χ1n) is 17.4. The number of halogens is 3. The lowest BCUT2D eigenvalue weighted by Gasteiger charge is -2.26. The first kappa shape index (κ1) is 36.4. The van der Waals surface area contributed by atoms with Gasteiger partial charge in [0.05, 0.1) is 11.8 Å². The maximum atomic E-state index is 13.4. The minimum absolute atomic E-state index is 0.166. The van der Waals surface area contributed by atoms with E-state index >= 15 is 0 Å². The first-order chi connectivity index (χ1) is 23.5. The number of rotatable bonds is 12. The Balaban J connectivity index is 1.74. The van der Waals surface area contributed by atoms with Crippen LogP contribution in [0.5, 0.6) is 0 Å². The van der Waals surface area contributed by atoms with Gasteiger partial charge < -0.3 is 9.80 Å². The molecule has 2 aliphatic rings. The summed E-state index contributed by atoms with van der Waals surface area (Å²) in [7, 11) is -5.56. The minimum atomic E-state index is -5.56. The summed E-state index contributed by atoms with van der Waals surface area (Å²) in [6, 6.07) is 22.3. The van der Waals surface area contributed by atoms with Gasteiger partial charge in [-0.1, -0.05) is 67.8 Å². The molecule has 0 spiro atoms. The molecule has 262 valence electrons. The van der Waals surface area contributed by atoms with Crippen LogP contribution in [-0.4, -0.2) is 51.9 Å². The Morgan fingerprint density at radius 2 is 1.31 bits per heavy atom. The monoisotopic (exact) mass is 692 g/mol. The van der Waals surface area contributed by atoms with E-state index in [1.54, 1.807) is 12.1 Å². The third kappa shape index (κ3) is 8.13. The summed E-state index contributed by atoms with van der Waals surface area (Å²) < 4.78 is 66.4. The number of sulfonamides is 1. The summed E-state index contributed by atoms with van der Waals surface area (Å²) in [6.45, 7) is 11.4. The Kier molecular flexibility index (Phi) is 11.7. The van der Waals surface area contributed by atoms with Crippen LogP contribution in [0.4, 0.5) is 24.5 Å². The summed E-state index contributed by atoms with van der Waals surface area (Å²) in [5.41, 5.74) is 3.02. The molecule has 0 bridgehead atoms. The Bertz CT molecular complexity index is 1730. The quantitative estimate of drug-likeness (QED) is 0.206. The van der Waals surface area contributed by atoms with Crippen molar-refractivity contribution in [1.82, 2.24) is 4.72 Å². The van der Waals surface area contributed by atoms with Gasteiger partial charge in [0.25, 0.3) is 0 Å². The zero-order valence-corrected chi connectivity index (χ0v) is 29.7. The lowest BCUT2D eigenvalue weighted by atomic mass is 9.81. The van der Waals surface area contributed by atoms with Gasteiger partial charge in [-0.3, -0.25) is 4.99 Å². The van der Waals surface area contributed by atoms with Crippen LogP contribution in [0.15, 0.2) is 83.9 Å². The van der Waals surface area contributed by atoms with Gasteiger partial charge in [0, 0.05) is 49.7 Å². The predicted molar refractivity (Wildman–Crippen MR) is 197 cm³/mol. The maximum Gasteiger partial charge on any atom is 0.511 e. The van der Waals surface area contributed by atoms with E-state index in [-0.39, 0.29) is 6.04 Å². The number of allylic oxidation sites excluding steroid dienone is 3. The molecule has 0 unspecified atom stereocenters. The van der Waals surface area contributed by atoms with Crippen LogP contribution in [0.3, 0.4) is 0 Å². The SMILES string of the molecule is CCN(CC)c1ccc(C(=C2C=CC(=NC3CCCCC3)c3cccc(CNS(=O)(=O)C(F)(F)F)c32)c2ccc(N(CC)CC)cc2)cc1. The lowest BCUT2D eigenvalue weighted by Crippen LogP contribution is -2.36. The van der Waals surface area contributed by atoms with Gasteiger partial charge in [-0.2, -0.15) is 13.2 Å². The Labute approximate surface area is 289 Å². The molecule has 0 saturated heterocycles. The molecule has 3 aromatic carbocycles. The third-order valence-electron chi connectivity index (χ3n) is 9.60. The van der Waals surface area contributed by atoms with E-state index in [0.717, 1.165) is 96.8 Å². The molecule has 0 amide bonds. The van der Waals surface area contributed by atoms with Gasteiger partial charge >= 0.3 is 15.5 Å². The second-order valence-corrected chi connectivity index (χ2v) is 14.2. The van der Waals surface area contributed by atoms with Crippen molar-refractivity contribution in [3.05, 3.63) is 107 Å². The standard InChI is InChI=1S/C39H47F3N4O2S/c1-5-45(6-2)32-21-17-28(18-22-32)37(29-19-23-33(24-20-29)46(7-3)8-4)35-25-26-36(44-31-14-10-9-11-15-31)34-16-12-13-30(38(34)35)27-43-49(47,48)39(40,41)42/h12-13,16-26,31,43H,5-11,14-15,27H2,1-4H3. The van der Waals surface area contributed by atoms with Crippen LogP contribution in [0, 0.1) is 0 Å². The van der Waals surface area contributed by atoms with Crippen molar-refractivity contribution in [2.24, 2.45) is 4.99 Å². The Hall–Kier alpha value is -3.89. The van der Waals surface area contributed by atoms with Gasteiger partial charge in [0.1, 0.15) is 0 Å². The second kappa shape index (κ2) is 15.8. The highest BCUT2D eigenvalue weighted by Crippen LogP contribution is 2.40. The fraction of sp³-hybridized carbons (Fsp3) is 0.410. The molecular formula is C39H47F3N4O2S. The average Bonchev–Trinajstić information content (AvgIpc) is 3.10. The fourth-order valence-electron chi connectivity index (χ4n) is 6.93. The molecule has 1 saturated carbocycles. The molecule has 3 aromatic rings.